The van der Waals surface area contributed by atoms with Crippen molar-refractivity contribution in [2.24, 2.45) is 0 Å². The number of carbonyl (C=O) groups is 2. The van der Waals surface area contributed by atoms with Gasteiger partial charge >= 0.3 is 5.97 Å². The lowest BCUT2D eigenvalue weighted by molar-refractivity contribution is -0.120. The van der Waals surface area contributed by atoms with Crippen molar-refractivity contribution in [3.05, 3.63) is 21.9 Å². The Kier molecular flexibility index (Phi) is 5.11. The summed E-state index contributed by atoms with van der Waals surface area (Å²) in [6.07, 6.45) is 0.416. The third kappa shape index (κ3) is 4.16. The van der Waals surface area contributed by atoms with Crippen molar-refractivity contribution in [3.8, 4) is 0 Å². The van der Waals surface area contributed by atoms with Gasteiger partial charge in [-0.15, -0.1) is 11.3 Å². The quantitative estimate of drug-likeness (QED) is 0.797. The van der Waals surface area contributed by atoms with E-state index in [2.05, 4.69) is 5.32 Å². The molecule has 0 unspecified atom stereocenters. The lowest BCUT2D eigenvalue weighted by Crippen LogP contribution is -2.26. The van der Waals surface area contributed by atoms with Gasteiger partial charge in [-0.05, 0) is 24.1 Å². The maximum Gasteiger partial charge on any atom is 0.346 e. The number of amides is 1. The van der Waals surface area contributed by atoms with Gasteiger partial charge in [0.15, 0.2) is 0 Å². The molecule has 1 aromatic heterocycles. The van der Waals surface area contributed by atoms with Gasteiger partial charge in [0.05, 0.1) is 0 Å². The molecule has 1 rings (SSSR count). The number of nitrogens with one attached hydrogen (secondary N) is 1. The van der Waals surface area contributed by atoms with Gasteiger partial charge in [-0.25, -0.2) is 4.79 Å². The fourth-order valence-corrected chi connectivity index (χ4v) is 2.19. The predicted molar refractivity (Wildman–Crippen MR) is 66.3 cm³/mol. The smallest absolute Gasteiger partial charge is 0.346 e. The van der Waals surface area contributed by atoms with Crippen LogP contribution in [-0.4, -0.2) is 42.5 Å². The van der Waals surface area contributed by atoms with Crippen LogP contribution in [0, 0.1) is 0 Å². The Morgan fingerprint density at radius 1 is 1.53 bits per heavy atom. The zero-order valence-electron chi connectivity index (χ0n) is 9.90. The van der Waals surface area contributed by atoms with Crippen molar-refractivity contribution < 1.29 is 14.7 Å². The first-order valence-electron chi connectivity index (χ1n) is 5.23. The number of hydrogen-bond donors (Lipinski definition) is 2. The van der Waals surface area contributed by atoms with E-state index in [0.29, 0.717) is 24.4 Å². The Bertz CT molecular complexity index is 403. The van der Waals surface area contributed by atoms with Crippen molar-refractivity contribution in [1.82, 2.24) is 10.2 Å². The first kappa shape index (κ1) is 13.7. The fraction of sp³-hybridized carbons (Fsp3) is 0.455. The molecule has 0 spiro atoms. The Morgan fingerprint density at radius 2 is 2.24 bits per heavy atom. The van der Waals surface area contributed by atoms with Crippen LogP contribution in [0.25, 0.3) is 0 Å². The van der Waals surface area contributed by atoms with Crippen LogP contribution in [0.3, 0.4) is 0 Å². The SMILES string of the molecule is CNC(=O)CCN(C)Cc1ccsc1C(=O)O. The van der Waals surface area contributed by atoms with E-state index in [9.17, 15) is 9.59 Å². The van der Waals surface area contributed by atoms with Crippen LogP contribution in [-0.2, 0) is 11.3 Å². The number of aromatic carboxylic acids is 1. The molecular weight excluding hydrogens is 240 g/mol. The van der Waals surface area contributed by atoms with Crippen LogP contribution in [0.1, 0.15) is 21.7 Å². The van der Waals surface area contributed by atoms with E-state index in [1.54, 1.807) is 12.4 Å². The third-order valence-corrected chi connectivity index (χ3v) is 3.33. The van der Waals surface area contributed by atoms with Crippen molar-refractivity contribution in [2.75, 3.05) is 20.6 Å². The molecule has 1 heterocycles. The minimum Gasteiger partial charge on any atom is -0.477 e. The summed E-state index contributed by atoms with van der Waals surface area (Å²) in [7, 11) is 3.47. The lowest BCUT2D eigenvalue weighted by atomic mass is 10.2. The van der Waals surface area contributed by atoms with E-state index in [1.165, 1.54) is 11.3 Å². The van der Waals surface area contributed by atoms with Crippen LogP contribution in [0.4, 0.5) is 0 Å². The second-order valence-electron chi connectivity index (χ2n) is 3.74. The van der Waals surface area contributed by atoms with Gasteiger partial charge in [0.25, 0.3) is 0 Å². The van der Waals surface area contributed by atoms with Crippen LogP contribution < -0.4 is 5.32 Å². The van der Waals surface area contributed by atoms with E-state index < -0.39 is 5.97 Å². The van der Waals surface area contributed by atoms with Crippen LogP contribution >= 0.6 is 11.3 Å². The molecule has 94 valence electrons. The number of carboxylic acids is 1. The summed E-state index contributed by atoms with van der Waals surface area (Å²) < 4.78 is 0. The van der Waals surface area contributed by atoms with Gasteiger partial charge in [-0.3, -0.25) is 4.79 Å². The average molecular weight is 256 g/mol. The van der Waals surface area contributed by atoms with Gasteiger partial charge in [-0.2, -0.15) is 0 Å². The monoisotopic (exact) mass is 256 g/mol. The lowest BCUT2D eigenvalue weighted by Gasteiger charge is -2.15. The molecule has 17 heavy (non-hydrogen) atoms. The minimum absolute atomic E-state index is 0.0133. The molecule has 2 N–H and O–H groups in total. The molecule has 0 aliphatic heterocycles. The van der Waals surface area contributed by atoms with Crippen LogP contribution in [0.5, 0.6) is 0 Å². The molecule has 6 heteroatoms. The van der Waals surface area contributed by atoms with E-state index in [4.69, 9.17) is 5.11 Å². The Hall–Kier alpha value is -1.40. The Morgan fingerprint density at radius 3 is 2.82 bits per heavy atom. The second-order valence-corrected chi connectivity index (χ2v) is 4.66. The van der Waals surface area contributed by atoms with Crippen molar-refractivity contribution in [2.45, 2.75) is 13.0 Å². The highest BCUT2D eigenvalue weighted by molar-refractivity contribution is 7.12. The van der Waals surface area contributed by atoms with Gasteiger partial charge in [0.1, 0.15) is 4.88 Å². The highest BCUT2D eigenvalue weighted by Gasteiger charge is 2.13. The molecule has 0 aromatic carbocycles. The highest BCUT2D eigenvalue weighted by Crippen LogP contribution is 2.18. The maximum atomic E-state index is 11.1. The summed E-state index contributed by atoms with van der Waals surface area (Å²) >= 11 is 1.22. The summed E-state index contributed by atoms with van der Waals surface area (Å²) in [5.41, 5.74) is 0.793. The van der Waals surface area contributed by atoms with Crippen molar-refractivity contribution in [1.29, 1.82) is 0 Å². The Labute approximate surface area is 104 Å². The van der Waals surface area contributed by atoms with E-state index in [-0.39, 0.29) is 5.91 Å². The predicted octanol–water partition coefficient (Wildman–Crippen LogP) is 1.01. The molecule has 0 radical (unpaired) electrons. The molecule has 0 atom stereocenters. The largest absolute Gasteiger partial charge is 0.477 e. The molecule has 1 aromatic rings. The maximum absolute atomic E-state index is 11.1. The van der Waals surface area contributed by atoms with Gasteiger partial charge in [0, 0.05) is 26.6 Å². The highest BCUT2D eigenvalue weighted by atomic mass is 32.1. The number of rotatable bonds is 6. The van der Waals surface area contributed by atoms with Crippen molar-refractivity contribution in [3.63, 3.8) is 0 Å². The standard InChI is InChI=1S/C11H16N2O3S/c1-12-9(14)3-5-13(2)7-8-4-6-17-10(8)11(15)16/h4,6H,3,5,7H2,1-2H3,(H,12,14)(H,15,16). The number of carbonyl (C=O) groups excluding carboxylic acids is 1. The van der Waals surface area contributed by atoms with Crippen LogP contribution in [0.2, 0.25) is 0 Å². The van der Waals surface area contributed by atoms with Gasteiger partial charge < -0.3 is 15.3 Å². The molecule has 0 saturated carbocycles. The minimum atomic E-state index is -0.894. The number of hydrogen-bond acceptors (Lipinski definition) is 4. The molecule has 5 nitrogen and oxygen atoms in total. The summed E-state index contributed by atoms with van der Waals surface area (Å²) in [5.74, 6) is -0.907. The molecule has 0 aliphatic rings. The normalized spacial score (nSPS) is 10.5. The third-order valence-electron chi connectivity index (χ3n) is 2.38. The first-order valence-corrected chi connectivity index (χ1v) is 6.11. The molecule has 0 bridgehead atoms. The Balaban J connectivity index is 2.50. The summed E-state index contributed by atoms with van der Waals surface area (Å²) in [6.45, 7) is 1.15. The summed E-state index contributed by atoms with van der Waals surface area (Å²) in [4.78, 5) is 24.3. The molecular formula is C11H16N2O3S. The summed E-state index contributed by atoms with van der Waals surface area (Å²) in [6, 6.07) is 1.81. The number of thiophene rings is 1. The second kappa shape index (κ2) is 6.36. The zero-order chi connectivity index (χ0) is 12.8. The van der Waals surface area contributed by atoms with Crippen molar-refractivity contribution >= 4 is 23.2 Å². The molecule has 0 saturated heterocycles. The average Bonchev–Trinajstić information content (AvgIpc) is 2.74. The van der Waals surface area contributed by atoms with Gasteiger partial charge in [-0.1, -0.05) is 0 Å². The molecule has 1 amide bonds. The van der Waals surface area contributed by atoms with Crippen LogP contribution in [0.15, 0.2) is 11.4 Å². The zero-order valence-corrected chi connectivity index (χ0v) is 10.7. The number of carboxylic acid groups (broad SMARTS) is 1. The topological polar surface area (TPSA) is 69.6 Å². The molecule has 0 aliphatic carbocycles. The van der Waals surface area contributed by atoms with Gasteiger partial charge in [0.2, 0.25) is 5.91 Å². The first-order chi connectivity index (χ1) is 8.04. The molecule has 0 fully saturated rings. The fourth-order valence-electron chi connectivity index (χ4n) is 1.44. The summed E-state index contributed by atoms with van der Waals surface area (Å²) in [5, 5.41) is 13.3. The van der Waals surface area contributed by atoms with E-state index >= 15 is 0 Å². The van der Waals surface area contributed by atoms with E-state index in [0.717, 1.165) is 5.56 Å². The van der Waals surface area contributed by atoms with E-state index in [1.807, 2.05) is 18.0 Å². The number of nitrogens with zero attached hydrogens (tertiary/aromatic N) is 1.